The number of hydrogen-bond acceptors (Lipinski definition) is 5. The molecule has 148 valence electrons. The van der Waals surface area contributed by atoms with Crippen molar-refractivity contribution in [2.24, 2.45) is 5.92 Å². The molecule has 0 unspecified atom stereocenters. The van der Waals surface area contributed by atoms with Gasteiger partial charge in [-0.3, -0.25) is 0 Å². The number of benzene rings is 1. The summed E-state index contributed by atoms with van der Waals surface area (Å²) in [6, 6.07) is 8.13. The van der Waals surface area contributed by atoms with Gasteiger partial charge in [-0.25, -0.2) is 9.50 Å². The predicted molar refractivity (Wildman–Crippen MR) is 96.6 cm³/mol. The fourth-order valence-electron chi connectivity index (χ4n) is 3.37. The van der Waals surface area contributed by atoms with Crippen LogP contribution in [-0.4, -0.2) is 34.2 Å². The third-order valence-electron chi connectivity index (χ3n) is 4.71. The van der Waals surface area contributed by atoms with Crippen LogP contribution in [0.15, 0.2) is 42.7 Å². The smallest absolute Gasteiger partial charge is 0.405 e. The summed E-state index contributed by atoms with van der Waals surface area (Å²) in [6.07, 6.45) is 0.646. The van der Waals surface area contributed by atoms with Crippen molar-refractivity contribution in [3.63, 3.8) is 0 Å². The van der Waals surface area contributed by atoms with Crippen LogP contribution in [0.1, 0.15) is 18.4 Å². The van der Waals surface area contributed by atoms with E-state index in [9.17, 15) is 13.2 Å². The number of rotatable bonds is 5. The molecule has 2 aromatic heterocycles. The number of ether oxygens (including phenoxy) is 2. The Balaban J connectivity index is 1.66. The zero-order valence-electron chi connectivity index (χ0n) is 14.9. The van der Waals surface area contributed by atoms with Crippen molar-refractivity contribution in [2.75, 3.05) is 18.5 Å². The summed E-state index contributed by atoms with van der Waals surface area (Å²) in [4.78, 5) is 4.13. The first-order valence-corrected chi connectivity index (χ1v) is 9.01. The lowest BCUT2D eigenvalue weighted by Crippen LogP contribution is -2.21. The Bertz CT molecular complexity index is 952. The Morgan fingerprint density at radius 1 is 1.18 bits per heavy atom. The Morgan fingerprint density at radius 2 is 2.00 bits per heavy atom. The summed E-state index contributed by atoms with van der Waals surface area (Å²) in [5, 5.41) is 7.51. The maximum Gasteiger partial charge on any atom is 0.573 e. The zero-order valence-corrected chi connectivity index (χ0v) is 14.9. The SMILES string of the molecule is FC(F)(F)Oc1cccc(Nc2ccc3nccn3n2)c1CC1CCOCC1. The Hall–Kier alpha value is -2.81. The van der Waals surface area contributed by atoms with Gasteiger partial charge >= 0.3 is 6.36 Å². The molecule has 0 radical (unpaired) electrons. The molecule has 9 heteroatoms. The van der Waals surface area contributed by atoms with E-state index in [1.165, 1.54) is 12.1 Å². The average molecular weight is 392 g/mol. The first-order chi connectivity index (χ1) is 13.5. The number of alkyl halides is 3. The number of hydrogen-bond donors (Lipinski definition) is 1. The molecule has 4 rings (SSSR count). The molecule has 3 aromatic rings. The molecule has 1 aromatic carbocycles. The third-order valence-corrected chi connectivity index (χ3v) is 4.71. The molecule has 6 nitrogen and oxygen atoms in total. The molecule has 1 aliphatic heterocycles. The van der Waals surface area contributed by atoms with Gasteiger partial charge in [0, 0.05) is 36.9 Å². The van der Waals surface area contributed by atoms with E-state index in [1.54, 1.807) is 35.1 Å². The van der Waals surface area contributed by atoms with Gasteiger partial charge in [0.25, 0.3) is 0 Å². The lowest BCUT2D eigenvalue weighted by Gasteiger charge is -2.25. The highest BCUT2D eigenvalue weighted by molar-refractivity contribution is 5.65. The highest BCUT2D eigenvalue weighted by atomic mass is 19.4. The molecular weight excluding hydrogens is 373 g/mol. The summed E-state index contributed by atoms with van der Waals surface area (Å²) < 4.78 is 50.0. The minimum absolute atomic E-state index is 0.187. The number of anilines is 2. The van der Waals surface area contributed by atoms with Crippen molar-refractivity contribution >= 4 is 17.2 Å². The Kier molecular flexibility index (Phi) is 5.08. The van der Waals surface area contributed by atoms with Gasteiger partial charge in [-0.05, 0) is 49.4 Å². The molecule has 1 fully saturated rings. The van der Waals surface area contributed by atoms with Crippen LogP contribution in [0.4, 0.5) is 24.7 Å². The largest absolute Gasteiger partial charge is 0.573 e. The van der Waals surface area contributed by atoms with Gasteiger partial charge in [-0.1, -0.05) is 6.07 Å². The van der Waals surface area contributed by atoms with E-state index >= 15 is 0 Å². The molecule has 3 heterocycles. The normalized spacial score (nSPS) is 15.7. The molecule has 1 saturated heterocycles. The second-order valence-corrected chi connectivity index (χ2v) is 6.66. The highest BCUT2D eigenvalue weighted by Crippen LogP contribution is 2.36. The van der Waals surface area contributed by atoms with E-state index in [0.29, 0.717) is 42.4 Å². The standard InChI is InChI=1S/C19H19F3N4O2/c20-19(21,22)28-16-3-1-2-15(14(16)12-13-6-10-27-11-7-13)24-17-4-5-18-23-8-9-26(18)25-17/h1-5,8-9,13H,6-7,10-12H2,(H,24,25). The minimum Gasteiger partial charge on any atom is -0.405 e. The first-order valence-electron chi connectivity index (χ1n) is 9.01. The van der Waals surface area contributed by atoms with Crippen LogP contribution >= 0.6 is 0 Å². The van der Waals surface area contributed by atoms with Crippen LogP contribution < -0.4 is 10.1 Å². The van der Waals surface area contributed by atoms with E-state index in [2.05, 4.69) is 20.1 Å². The second-order valence-electron chi connectivity index (χ2n) is 6.66. The van der Waals surface area contributed by atoms with Crippen LogP contribution in [0.2, 0.25) is 0 Å². The molecule has 1 N–H and O–H groups in total. The molecule has 0 saturated carbocycles. The first kappa shape index (κ1) is 18.5. The predicted octanol–water partition coefficient (Wildman–Crippen LogP) is 4.34. The lowest BCUT2D eigenvalue weighted by atomic mass is 9.91. The van der Waals surface area contributed by atoms with Crippen molar-refractivity contribution < 1.29 is 22.6 Å². The van der Waals surface area contributed by atoms with Gasteiger partial charge in [0.2, 0.25) is 0 Å². The van der Waals surface area contributed by atoms with Crippen molar-refractivity contribution in [1.29, 1.82) is 0 Å². The van der Waals surface area contributed by atoms with Crippen LogP contribution in [0.5, 0.6) is 5.75 Å². The third kappa shape index (κ3) is 4.36. The number of nitrogens with zero attached hydrogens (tertiary/aromatic N) is 3. The maximum atomic E-state index is 12.9. The highest BCUT2D eigenvalue weighted by Gasteiger charge is 2.33. The van der Waals surface area contributed by atoms with Crippen molar-refractivity contribution in [1.82, 2.24) is 14.6 Å². The number of halogens is 3. The Labute approximate surface area is 159 Å². The summed E-state index contributed by atoms with van der Waals surface area (Å²) >= 11 is 0. The van der Waals surface area contributed by atoms with Crippen LogP contribution in [0.25, 0.3) is 5.65 Å². The number of fused-ring (bicyclic) bond motifs is 1. The molecule has 0 spiro atoms. The van der Waals surface area contributed by atoms with Crippen LogP contribution in [0.3, 0.4) is 0 Å². The number of nitrogens with one attached hydrogen (secondary N) is 1. The molecule has 0 aliphatic carbocycles. The average Bonchev–Trinajstić information content (AvgIpc) is 3.12. The van der Waals surface area contributed by atoms with Crippen molar-refractivity contribution in [2.45, 2.75) is 25.6 Å². The molecule has 0 bridgehead atoms. The summed E-state index contributed by atoms with van der Waals surface area (Å²) in [6.45, 7) is 1.24. The quantitative estimate of drug-likeness (QED) is 0.700. The summed E-state index contributed by atoms with van der Waals surface area (Å²) in [5.41, 5.74) is 1.71. The van der Waals surface area contributed by atoms with Gasteiger partial charge < -0.3 is 14.8 Å². The summed E-state index contributed by atoms with van der Waals surface area (Å²) in [7, 11) is 0. The van der Waals surface area contributed by atoms with E-state index in [4.69, 9.17) is 4.74 Å². The van der Waals surface area contributed by atoms with E-state index in [1.807, 2.05) is 0 Å². The van der Waals surface area contributed by atoms with Crippen LogP contribution in [0, 0.1) is 5.92 Å². The van der Waals surface area contributed by atoms with Gasteiger partial charge in [-0.2, -0.15) is 0 Å². The maximum absolute atomic E-state index is 12.9. The molecule has 0 amide bonds. The topological polar surface area (TPSA) is 60.7 Å². The van der Waals surface area contributed by atoms with E-state index in [-0.39, 0.29) is 11.7 Å². The van der Waals surface area contributed by atoms with Crippen molar-refractivity contribution in [3.05, 3.63) is 48.3 Å². The van der Waals surface area contributed by atoms with E-state index in [0.717, 1.165) is 12.8 Å². The number of imidazole rings is 1. The van der Waals surface area contributed by atoms with Gasteiger partial charge in [0.05, 0.1) is 0 Å². The van der Waals surface area contributed by atoms with Gasteiger partial charge in [-0.15, -0.1) is 18.3 Å². The lowest BCUT2D eigenvalue weighted by molar-refractivity contribution is -0.274. The van der Waals surface area contributed by atoms with Gasteiger partial charge in [0.15, 0.2) is 11.5 Å². The molecule has 28 heavy (non-hydrogen) atoms. The molecular formula is C19H19F3N4O2. The number of aromatic nitrogens is 3. The fourth-order valence-corrected chi connectivity index (χ4v) is 3.37. The summed E-state index contributed by atoms with van der Waals surface area (Å²) in [5.74, 6) is 0.548. The molecule has 1 aliphatic rings. The van der Waals surface area contributed by atoms with E-state index < -0.39 is 6.36 Å². The van der Waals surface area contributed by atoms with Crippen molar-refractivity contribution in [3.8, 4) is 5.75 Å². The minimum atomic E-state index is -4.75. The van der Waals surface area contributed by atoms with Gasteiger partial charge in [0.1, 0.15) is 5.75 Å². The zero-order chi connectivity index (χ0) is 19.6. The fraction of sp³-hybridized carbons (Fsp3) is 0.368. The van der Waals surface area contributed by atoms with Crippen LogP contribution in [-0.2, 0) is 11.2 Å². The second kappa shape index (κ2) is 7.67. The Morgan fingerprint density at radius 3 is 2.79 bits per heavy atom. The molecule has 0 atom stereocenters. The monoisotopic (exact) mass is 392 g/mol.